The lowest BCUT2D eigenvalue weighted by atomic mass is 10.1. The summed E-state index contributed by atoms with van der Waals surface area (Å²) in [5.74, 6) is -0.209. The van der Waals surface area contributed by atoms with Gasteiger partial charge in [-0.25, -0.2) is 4.39 Å². The van der Waals surface area contributed by atoms with Gasteiger partial charge in [0.05, 0.1) is 5.25 Å². The van der Waals surface area contributed by atoms with Gasteiger partial charge in [-0.15, -0.1) is 23.1 Å². The van der Waals surface area contributed by atoms with E-state index in [0.29, 0.717) is 0 Å². The van der Waals surface area contributed by atoms with Crippen molar-refractivity contribution in [1.82, 2.24) is 0 Å². The van der Waals surface area contributed by atoms with Crippen molar-refractivity contribution in [2.24, 2.45) is 5.73 Å². The second kappa shape index (κ2) is 6.88. The quantitative estimate of drug-likeness (QED) is 0.740. The Labute approximate surface area is 129 Å². The lowest BCUT2D eigenvalue weighted by Gasteiger charge is -2.21. The lowest BCUT2D eigenvalue weighted by Crippen LogP contribution is -2.25. The first-order valence-electron chi connectivity index (χ1n) is 6.02. The molecule has 2 atom stereocenters. The summed E-state index contributed by atoms with van der Waals surface area (Å²) in [5.41, 5.74) is 6.23. The fourth-order valence-corrected chi connectivity index (χ4v) is 4.66. The van der Waals surface area contributed by atoms with Crippen LogP contribution in [-0.2, 0) is 0 Å². The zero-order valence-electron chi connectivity index (χ0n) is 10.5. The number of nitrogens with two attached hydrogens (primary N) is 1. The van der Waals surface area contributed by atoms with Gasteiger partial charge in [0.2, 0.25) is 0 Å². The Bertz CT molecular complexity index is 526. The summed E-state index contributed by atoms with van der Waals surface area (Å²) in [6, 6.07) is 8.78. The summed E-state index contributed by atoms with van der Waals surface area (Å²) in [6.07, 6.45) is 0.911. The molecule has 2 N–H and O–H groups in total. The number of thiophene rings is 1. The molecule has 5 heteroatoms. The monoisotopic (exact) mass is 359 g/mol. The number of hydrogen-bond acceptors (Lipinski definition) is 3. The van der Waals surface area contributed by atoms with Gasteiger partial charge in [0, 0.05) is 25.7 Å². The van der Waals surface area contributed by atoms with Crippen molar-refractivity contribution in [3.8, 4) is 0 Å². The van der Waals surface area contributed by atoms with E-state index in [2.05, 4.69) is 34.3 Å². The maximum absolute atomic E-state index is 12.9. The SMILES string of the molecule is CCC(N)C(Sc1ccc(F)cc1)c1cc(Br)cs1. The summed E-state index contributed by atoms with van der Waals surface area (Å²) in [5, 5.41) is 2.27. The van der Waals surface area contributed by atoms with Crippen LogP contribution in [0, 0.1) is 5.82 Å². The molecule has 2 aromatic rings. The van der Waals surface area contributed by atoms with Gasteiger partial charge < -0.3 is 5.73 Å². The Balaban J connectivity index is 2.21. The second-order valence-corrected chi connectivity index (χ2v) is 7.31. The molecule has 2 unspecified atom stereocenters. The first kappa shape index (κ1) is 15.0. The van der Waals surface area contributed by atoms with Crippen LogP contribution in [0.4, 0.5) is 4.39 Å². The molecule has 0 aliphatic heterocycles. The number of thioether (sulfide) groups is 1. The van der Waals surface area contributed by atoms with E-state index in [-0.39, 0.29) is 17.1 Å². The Kier molecular flexibility index (Phi) is 5.45. The molecular weight excluding hydrogens is 345 g/mol. The van der Waals surface area contributed by atoms with Crippen molar-refractivity contribution in [3.63, 3.8) is 0 Å². The number of rotatable bonds is 5. The van der Waals surface area contributed by atoms with Crippen LogP contribution in [0.2, 0.25) is 0 Å². The minimum absolute atomic E-state index is 0.0839. The van der Waals surface area contributed by atoms with E-state index in [1.807, 2.05) is 0 Å². The predicted octanol–water partition coefficient (Wildman–Crippen LogP) is 5.22. The van der Waals surface area contributed by atoms with Gasteiger partial charge in [-0.3, -0.25) is 0 Å². The number of halogens is 2. The molecule has 1 heterocycles. The summed E-state index contributed by atoms with van der Waals surface area (Å²) in [7, 11) is 0. The molecule has 0 saturated carbocycles. The fourth-order valence-electron chi connectivity index (χ4n) is 1.71. The van der Waals surface area contributed by atoms with Crippen LogP contribution >= 0.6 is 39.0 Å². The van der Waals surface area contributed by atoms with E-state index in [1.165, 1.54) is 17.0 Å². The maximum Gasteiger partial charge on any atom is 0.123 e. The highest BCUT2D eigenvalue weighted by Gasteiger charge is 2.21. The number of benzene rings is 1. The van der Waals surface area contributed by atoms with E-state index in [4.69, 9.17) is 5.73 Å². The molecule has 1 nitrogen and oxygen atoms in total. The molecule has 2 rings (SSSR count). The molecule has 0 amide bonds. The van der Waals surface area contributed by atoms with E-state index in [1.54, 1.807) is 35.2 Å². The van der Waals surface area contributed by atoms with Gasteiger partial charge in [0.1, 0.15) is 5.82 Å². The minimum Gasteiger partial charge on any atom is -0.326 e. The Morgan fingerprint density at radius 3 is 2.58 bits per heavy atom. The summed E-state index contributed by atoms with van der Waals surface area (Å²) in [4.78, 5) is 2.29. The molecular formula is C14H15BrFNS2. The van der Waals surface area contributed by atoms with Crippen LogP contribution in [0.15, 0.2) is 45.1 Å². The summed E-state index contributed by atoms with van der Waals surface area (Å²) >= 11 is 6.87. The largest absolute Gasteiger partial charge is 0.326 e. The molecule has 0 aliphatic carbocycles. The second-order valence-electron chi connectivity index (χ2n) is 4.23. The molecule has 102 valence electrons. The fraction of sp³-hybridized carbons (Fsp3) is 0.286. The topological polar surface area (TPSA) is 26.0 Å². The maximum atomic E-state index is 12.9. The molecule has 19 heavy (non-hydrogen) atoms. The van der Waals surface area contributed by atoms with Gasteiger partial charge in [0.15, 0.2) is 0 Å². The van der Waals surface area contributed by atoms with Gasteiger partial charge in [-0.1, -0.05) is 6.92 Å². The van der Waals surface area contributed by atoms with Crippen LogP contribution in [-0.4, -0.2) is 6.04 Å². The molecule has 1 aromatic carbocycles. The van der Waals surface area contributed by atoms with Crippen molar-refractivity contribution in [2.75, 3.05) is 0 Å². The van der Waals surface area contributed by atoms with Crippen molar-refractivity contribution < 1.29 is 4.39 Å². The normalized spacial score (nSPS) is 14.3. The molecule has 0 radical (unpaired) electrons. The van der Waals surface area contributed by atoms with Crippen LogP contribution in [0.25, 0.3) is 0 Å². The van der Waals surface area contributed by atoms with E-state index in [0.717, 1.165) is 15.8 Å². The van der Waals surface area contributed by atoms with Crippen LogP contribution < -0.4 is 5.73 Å². The Morgan fingerprint density at radius 2 is 2.05 bits per heavy atom. The van der Waals surface area contributed by atoms with Crippen LogP contribution in [0.3, 0.4) is 0 Å². The first-order valence-corrected chi connectivity index (χ1v) is 8.57. The highest BCUT2D eigenvalue weighted by atomic mass is 79.9. The van der Waals surface area contributed by atoms with E-state index < -0.39 is 0 Å². The Hall–Kier alpha value is -0.360. The lowest BCUT2D eigenvalue weighted by molar-refractivity contribution is 0.626. The highest BCUT2D eigenvalue weighted by molar-refractivity contribution is 9.10. The van der Waals surface area contributed by atoms with Gasteiger partial charge >= 0.3 is 0 Å². The van der Waals surface area contributed by atoms with Crippen molar-refractivity contribution in [3.05, 3.63) is 50.9 Å². The third kappa shape index (κ3) is 4.05. The average Bonchev–Trinajstić information content (AvgIpc) is 2.83. The minimum atomic E-state index is -0.209. The highest BCUT2D eigenvalue weighted by Crippen LogP contribution is 2.41. The van der Waals surface area contributed by atoms with E-state index >= 15 is 0 Å². The van der Waals surface area contributed by atoms with Crippen molar-refractivity contribution >= 4 is 39.0 Å². The molecule has 1 aromatic heterocycles. The van der Waals surface area contributed by atoms with Crippen LogP contribution in [0.1, 0.15) is 23.5 Å². The summed E-state index contributed by atoms with van der Waals surface area (Å²) < 4.78 is 14.0. The molecule has 0 fully saturated rings. The van der Waals surface area contributed by atoms with Crippen molar-refractivity contribution in [1.29, 1.82) is 0 Å². The average molecular weight is 360 g/mol. The third-order valence-corrected chi connectivity index (χ3v) is 6.13. The zero-order chi connectivity index (χ0) is 13.8. The standard InChI is InChI=1S/C14H15BrFNS2/c1-2-12(17)14(13-7-9(15)8-18-13)19-11-5-3-10(16)4-6-11/h3-8,12,14H,2,17H2,1H3. The smallest absolute Gasteiger partial charge is 0.123 e. The van der Waals surface area contributed by atoms with Gasteiger partial charge in [-0.05, 0) is 52.7 Å². The Morgan fingerprint density at radius 1 is 1.37 bits per heavy atom. The molecule has 0 aliphatic rings. The van der Waals surface area contributed by atoms with Crippen molar-refractivity contribution in [2.45, 2.75) is 29.5 Å². The van der Waals surface area contributed by atoms with Gasteiger partial charge in [0.25, 0.3) is 0 Å². The predicted molar refractivity (Wildman–Crippen MR) is 85.3 cm³/mol. The van der Waals surface area contributed by atoms with Crippen LogP contribution in [0.5, 0.6) is 0 Å². The van der Waals surface area contributed by atoms with Gasteiger partial charge in [-0.2, -0.15) is 0 Å². The zero-order valence-corrected chi connectivity index (χ0v) is 13.7. The van der Waals surface area contributed by atoms with E-state index in [9.17, 15) is 4.39 Å². The first-order chi connectivity index (χ1) is 9.10. The molecule has 0 spiro atoms. The molecule has 0 bridgehead atoms. The molecule has 0 saturated heterocycles. The number of hydrogen-bond donors (Lipinski definition) is 1. The third-order valence-electron chi connectivity index (χ3n) is 2.81. The summed E-state index contributed by atoms with van der Waals surface area (Å²) in [6.45, 7) is 2.09.